The van der Waals surface area contributed by atoms with Gasteiger partial charge in [0.2, 0.25) is 5.95 Å². The molecule has 7 heteroatoms. The molecule has 5 N–H and O–H groups in total. The third-order valence-electron chi connectivity index (χ3n) is 2.66. The average molecular weight is 263 g/mol. The van der Waals surface area contributed by atoms with Crippen LogP contribution in [0.1, 0.15) is 24.4 Å². The Morgan fingerprint density at radius 3 is 2.74 bits per heavy atom. The smallest absolute Gasteiger partial charge is 0.239 e. The topological polar surface area (TPSA) is 112 Å². The third-order valence-corrected chi connectivity index (χ3v) is 2.66. The second-order valence-corrected chi connectivity index (χ2v) is 3.90. The van der Waals surface area contributed by atoms with Gasteiger partial charge in [0.25, 0.3) is 0 Å². The zero-order valence-corrected chi connectivity index (χ0v) is 10.9. The van der Waals surface area contributed by atoms with Crippen LogP contribution < -0.4 is 20.9 Å². The number of H-pyrrole nitrogens is 1. The van der Waals surface area contributed by atoms with Gasteiger partial charge >= 0.3 is 0 Å². The van der Waals surface area contributed by atoms with Crippen molar-refractivity contribution in [3.8, 4) is 11.5 Å². The van der Waals surface area contributed by atoms with Crippen LogP contribution in [0, 0.1) is 0 Å². The normalized spacial score (nSPS) is 12.2. The van der Waals surface area contributed by atoms with Gasteiger partial charge in [-0.15, -0.1) is 5.10 Å². The first-order valence-electron chi connectivity index (χ1n) is 5.89. The SMILES string of the molecule is CCOc1cc(C(N)c2nc(N)n[nH]2)ccc1OC. The van der Waals surface area contributed by atoms with Gasteiger partial charge in [-0.25, -0.2) is 0 Å². The zero-order chi connectivity index (χ0) is 13.8. The highest BCUT2D eigenvalue weighted by Crippen LogP contribution is 2.30. The van der Waals surface area contributed by atoms with E-state index in [2.05, 4.69) is 15.2 Å². The molecule has 0 aliphatic carbocycles. The number of nitrogens with one attached hydrogen (secondary N) is 1. The lowest BCUT2D eigenvalue weighted by Crippen LogP contribution is -2.14. The molecule has 1 atom stereocenters. The van der Waals surface area contributed by atoms with Gasteiger partial charge in [-0.05, 0) is 24.6 Å². The van der Waals surface area contributed by atoms with Crippen molar-refractivity contribution < 1.29 is 9.47 Å². The zero-order valence-electron chi connectivity index (χ0n) is 10.9. The molecule has 0 amide bonds. The van der Waals surface area contributed by atoms with Gasteiger partial charge in [0.1, 0.15) is 5.82 Å². The molecule has 0 spiro atoms. The fraction of sp³-hybridized carbons (Fsp3) is 0.333. The molecule has 0 aliphatic rings. The highest BCUT2D eigenvalue weighted by Gasteiger charge is 2.15. The summed E-state index contributed by atoms with van der Waals surface area (Å²) in [5.41, 5.74) is 12.4. The van der Waals surface area contributed by atoms with Gasteiger partial charge in [0.05, 0.1) is 19.8 Å². The number of aromatic amines is 1. The van der Waals surface area contributed by atoms with Crippen LogP contribution in [0.4, 0.5) is 5.95 Å². The number of hydrogen-bond donors (Lipinski definition) is 3. The quantitative estimate of drug-likeness (QED) is 0.737. The molecule has 0 saturated carbocycles. The number of nitrogens with zero attached hydrogens (tertiary/aromatic N) is 2. The van der Waals surface area contributed by atoms with Gasteiger partial charge in [-0.2, -0.15) is 4.98 Å². The highest BCUT2D eigenvalue weighted by molar-refractivity contribution is 5.44. The minimum atomic E-state index is -0.449. The summed E-state index contributed by atoms with van der Waals surface area (Å²) >= 11 is 0. The molecule has 102 valence electrons. The summed E-state index contributed by atoms with van der Waals surface area (Å²) in [4.78, 5) is 4.02. The Kier molecular flexibility index (Phi) is 3.86. The highest BCUT2D eigenvalue weighted by atomic mass is 16.5. The van der Waals surface area contributed by atoms with Gasteiger partial charge in [-0.3, -0.25) is 5.10 Å². The second kappa shape index (κ2) is 5.57. The number of nitrogen functional groups attached to an aromatic ring is 1. The van der Waals surface area contributed by atoms with E-state index in [-0.39, 0.29) is 5.95 Å². The first kappa shape index (κ1) is 13.2. The summed E-state index contributed by atoms with van der Waals surface area (Å²) in [6.07, 6.45) is 0. The van der Waals surface area contributed by atoms with E-state index < -0.39 is 6.04 Å². The van der Waals surface area contributed by atoms with Gasteiger partial charge in [0.15, 0.2) is 11.5 Å². The largest absolute Gasteiger partial charge is 0.493 e. The van der Waals surface area contributed by atoms with E-state index in [9.17, 15) is 0 Å². The van der Waals surface area contributed by atoms with E-state index in [0.29, 0.717) is 23.9 Å². The molecule has 1 heterocycles. The molecule has 0 fully saturated rings. The summed E-state index contributed by atoms with van der Waals surface area (Å²) in [6.45, 7) is 2.45. The number of aromatic nitrogens is 3. The van der Waals surface area contributed by atoms with E-state index in [0.717, 1.165) is 5.56 Å². The van der Waals surface area contributed by atoms with E-state index in [1.165, 1.54) is 0 Å². The van der Waals surface area contributed by atoms with Crippen LogP contribution in [0.15, 0.2) is 18.2 Å². The van der Waals surface area contributed by atoms with Gasteiger partial charge < -0.3 is 20.9 Å². The van der Waals surface area contributed by atoms with Gasteiger partial charge in [0, 0.05) is 0 Å². The molecule has 2 aromatic rings. The summed E-state index contributed by atoms with van der Waals surface area (Å²) in [7, 11) is 1.59. The van der Waals surface area contributed by atoms with E-state index >= 15 is 0 Å². The Morgan fingerprint density at radius 2 is 2.16 bits per heavy atom. The molecule has 0 radical (unpaired) electrons. The molecule has 0 bridgehead atoms. The standard InChI is InChI=1S/C12H17N5O2/c1-3-19-9-6-7(4-5-8(9)18-2)10(13)11-15-12(14)17-16-11/h4-6,10H,3,13H2,1-2H3,(H3,14,15,16,17). The first-order chi connectivity index (χ1) is 9.15. The van der Waals surface area contributed by atoms with Crippen molar-refractivity contribution in [2.75, 3.05) is 19.5 Å². The fourth-order valence-corrected chi connectivity index (χ4v) is 1.74. The van der Waals surface area contributed by atoms with Crippen molar-refractivity contribution in [3.05, 3.63) is 29.6 Å². The molecule has 19 heavy (non-hydrogen) atoms. The van der Waals surface area contributed by atoms with E-state index in [4.69, 9.17) is 20.9 Å². The van der Waals surface area contributed by atoms with Crippen molar-refractivity contribution in [1.29, 1.82) is 0 Å². The van der Waals surface area contributed by atoms with Crippen molar-refractivity contribution in [3.63, 3.8) is 0 Å². The Morgan fingerprint density at radius 1 is 1.37 bits per heavy atom. The third kappa shape index (κ3) is 2.76. The second-order valence-electron chi connectivity index (χ2n) is 3.90. The summed E-state index contributed by atoms with van der Waals surface area (Å²) < 4.78 is 10.7. The molecule has 1 unspecified atom stereocenters. The molecule has 1 aromatic heterocycles. The van der Waals surface area contributed by atoms with Crippen LogP contribution in [-0.4, -0.2) is 28.9 Å². The van der Waals surface area contributed by atoms with Crippen molar-refractivity contribution in [2.45, 2.75) is 13.0 Å². The predicted octanol–water partition coefficient (Wildman–Crippen LogP) is 0.842. The number of rotatable bonds is 5. The van der Waals surface area contributed by atoms with Crippen LogP contribution in [0.3, 0.4) is 0 Å². The number of hydrogen-bond acceptors (Lipinski definition) is 6. The lowest BCUT2D eigenvalue weighted by Gasteiger charge is -2.13. The van der Waals surface area contributed by atoms with Crippen LogP contribution in [0.2, 0.25) is 0 Å². The predicted molar refractivity (Wildman–Crippen MR) is 71.0 cm³/mol. The molecule has 0 aliphatic heterocycles. The van der Waals surface area contributed by atoms with Gasteiger partial charge in [-0.1, -0.05) is 6.07 Å². The molecule has 7 nitrogen and oxygen atoms in total. The minimum absolute atomic E-state index is 0.170. The molecule has 2 rings (SSSR count). The Bertz CT molecular complexity index is 555. The van der Waals surface area contributed by atoms with Crippen molar-refractivity contribution in [1.82, 2.24) is 15.2 Å². The summed E-state index contributed by atoms with van der Waals surface area (Å²) in [5.74, 6) is 1.98. The maximum atomic E-state index is 6.10. The van der Waals surface area contributed by atoms with Crippen molar-refractivity contribution >= 4 is 5.95 Å². The monoisotopic (exact) mass is 263 g/mol. The van der Waals surface area contributed by atoms with Crippen LogP contribution in [0.5, 0.6) is 11.5 Å². The van der Waals surface area contributed by atoms with E-state index in [1.807, 2.05) is 19.1 Å². The first-order valence-corrected chi connectivity index (χ1v) is 5.89. The number of methoxy groups -OCH3 is 1. The lowest BCUT2D eigenvalue weighted by atomic mass is 10.1. The molecule has 0 saturated heterocycles. The Hall–Kier alpha value is -2.28. The number of anilines is 1. The Labute approximate surface area is 110 Å². The number of ether oxygens (including phenoxy) is 2. The van der Waals surface area contributed by atoms with Crippen LogP contribution in [-0.2, 0) is 0 Å². The van der Waals surface area contributed by atoms with E-state index in [1.54, 1.807) is 13.2 Å². The molecular formula is C12H17N5O2. The minimum Gasteiger partial charge on any atom is -0.493 e. The maximum Gasteiger partial charge on any atom is 0.239 e. The maximum absolute atomic E-state index is 6.10. The van der Waals surface area contributed by atoms with Crippen LogP contribution >= 0.6 is 0 Å². The van der Waals surface area contributed by atoms with Crippen LogP contribution in [0.25, 0.3) is 0 Å². The lowest BCUT2D eigenvalue weighted by molar-refractivity contribution is 0.310. The summed E-state index contributed by atoms with van der Waals surface area (Å²) in [5, 5.41) is 6.46. The number of benzene rings is 1. The molecular weight excluding hydrogens is 246 g/mol. The fourth-order valence-electron chi connectivity index (χ4n) is 1.74. The number of nitrogens with two attached hydrogens (primary N) is 2. The van der Waals surface area contributed by atoms with Crippen molar-refractivity contribution in [2.24, 2.45) is 5.73 Å². The summed E-state index contributed by atoms with van der Waals surface area (Å²) in [6, 6.07) is 5.03. The Balaban J connectivity index is 2.31. The average Bonchev–Trinajstić information content (AvgIpc) is 2.85. The molecule has 1 aromatic carbocycles.